The summed E-state index contributed by atoms with van der Waals surface area (Å²) >= 11 is 0. The first-order valence-electron chi connectivity index (χ1n) is 9.31. The summed E-state index contributed by atoms with van der Waals surface area (Å²) in [6, 6.07) is 5.63. The zero-order valence-electron chi connectivity index (χ0n) is 16.0. The van der Waals surface area contributed by atoms with Crippen molar-refractivity contribution < 1.29 is 9.53 Å². The molecule has 142 valence electrons. The van der Waals surface area contributed by atoms with Crippen LogP contribution in [0.4, 0.5) is 0 Å². The van der Waals surface area contributed by atoms with Crippen LogP contribution in [0.5, 0.6) is 5.75 Å². The minimum Gasteiger partial charge on any atom is -0.486 e. The molecule has 7 nitrogen and oxygen atoms in total. The minimum absolute atomic E-state index is 0.0604. The van der Waals surface area contributed by atoms with E-state index in [2.05, 4.69) is 33.7 Å². The first kappa shape index (κ1) is 18.3. The lowest BCUT2D eigenvalue weighted by atomic mass is 9.92. The van der Waals surface area contributed by atoms with Crippen LogP contribution < -0.4 is 4.74 Å². The monoisotopic (exact) mass is 375 g/mol. The van der Waals surface area contributed by atoms with Gasteiger partial charge in [-0.3, -0.25) is 14.7 Å². The number of nitriles is 1. The summed E-state index contributed by atoms with van der Waals surface area (Å²) < 4.78 is 6.00. The molecular weight excluding hydrogens is 354 g/mol. The summed E-state index contributed by atoms with van der Waals surface area (Å²) in [4.78, 5) is 26.9. The van der Waals surface area contributed by atoms with Crippen LogP contribution in [-0.4, -0.2) is 58.5 Å². The lowest BCUT2D eigenvalue weighted by Crippen LogP contribution is -2.64. The number of carbonyl (C=O) groups is 1. The Balaban J connectivity index is 1.40. The fraction of sp³-hybridized carbons (Fsp3) is 0.381. The molecule has 0 aromatic carbocycles. The molecule has 4 heterocycles. The van der Waals surface area contributed by atoms with Gasteiger partial charge in [0.05, 0.1) is 11.9 Å². The number of aromatic nitrogens is 1. The Morgan fingerprint density at radius 2 is 2.21 bits per heavy atom. The van der Waals surface area contributed by atoms with Crippen LogP contribution >= 0.6 is 0 Å². The SMILES string of the molecule is CC1=CC2N=CC([C@@H](C)N3C[C@H](Oc4ccc(C#N)nc4)[C@H]3C)=CC2=NC1=O. The van der Waals surface area contributed by atoms with E-state index < -0.39 is 0 Å². The molecule has 1 aromatic heterocycles. The van der Waals surface area contributed by atoms with Gasteiger partial charge in [0.2, 0.25) is 0 Å². The first-order valence-corrected chi connectivity index (χ1v) is 9.31. The maximum absolute atomic E-state index is 11.8. The number of carbonyl (C=O) groups excluding carboxylic acids is 1. The minimum atomic E-state index is -0.187. The van der Waals surface area contributed by atoms with Gasteiger partial charge in [0, 0.05) is 30.4 Å². The topological polar surface area (TPSA) is 90.9 Å². The molecule has 0 aliphatic carbocycles. The summed E-state index contributed by atoms with van der Waals surface area (Å²) in [5.41, 5.74) is 2.77. The Kier molecular flexibility index (Phi) is 4.65. The van der Waals surface area contributed by atoms with Gasteiger partial charge >= 0.3 is 0 Å². The van der Waals surface area contributed by atoms with Crippen molar-refractivity contribution in [3.8, 4) is 11.8 Å². The highest BCUT2D eigenvalue weighted by atomic mass is 16.5. The van der Waals surface area contributed by atoms with Gasteiger partial charge in [0.15, 0.2) is 0 Å². The Bertz CT molecular complexity index is 968. The molecule has 3 aliphatic heterocycles. The maximum Gasteiger partial charge on any atom is 0.272 e. The van der Waals surface area contributed by atoms with Crippen molar-refractivity contribution in [2.75, 3.05) is 6.54 Å². The fourth-order valence-electron chi connectivity index (χ4n) is 3.64. The number of hydrogen-bond acceptors (Lipinski definition) is 6. The highest BCUT2D eigenvalue weighted by Gasteiger charge is 2.41. The van der Waals surface area contributed by atoms with Gasteiger partial charge in [-0.25, -0.2) is 9.98 Å². The van der Waals surface area contributed by atoms with Crippen LogP contribution in [0.1, 0.15) is 26.5 Å². The number of fused-ring (bicyclic) bond motifs is 1. The summed E-state index contributed by atoms with van der Waals surface area (Å²) in [5.74, 6) is 0.482. The largest absolute Gasteiger partial charge is 0.486 e. The Labute approximate surface area is 163 Å². The van der Waals surface area contributed by atoms with E-state index in [0.717, 1.165) is 12.1 Å². The number of nitrogens with zero attached hydrogens (tertiary/aromatic N) is 5. The number of dihydropyridines is 2. The number of ether oxygens (including phenoxy) is 1. The third-order valence-corrected chi connectivity index (χ3v) is 5.55. The van der Waals surface area contributed by atoms with Crippen molar-refractivity contribution in [2.45, 2.75) is 45.0 Å². The van der Waals surface area contributed by atoms with Crippen molar-refractivity contribution >= 4 is 17.8 Å². The molecule has 0 saturated carbocycles. The van der Waals surface area contributed by atoms with Crippen LogP contribution in [0.2, 0.25) is 0 Å². The zero-order chi connectivity index (χ0) is 19.8. The lowest BCUT2D eigenvalue weighted by molar-refractivity contribution is -0.114. The lowest BCUT2D eigenvalue weighted by Gasteiger charge is -2.49. The molecular formula is C21H21N5O2. The van der Waals surface area contributed by atoms with Crippen molar-refractivity contribution in [2.24, 2.45) is 9.98 Å². The van der Waals surface area contributed by atoms with Gasteiger partial charge < -0.3 is 4.74 Å². The molecule has 0 bridgehead atoms. The summed E-state index contributed by atoms with van der Waals surface area (Å²) in [6.45, 7) is 6.80. The highest BCUT2D eigenvalue weighted by Crippen LogP contribution is 2.29. The quantitative estimate of drug-likeness (QED) is 0.804. The Morgan fingerprint density at radius 3 is 2.89 bits per heavy atom. The number of pyridine rings is 1. The van der Waals surface area contributed by atoms with E-state index in [1.807, 2.05) is 24.4 Å². The van der Waals surface area contributed by atoms with E-state index in [1.165, 1.54) is 0 Å². The average molecular weight is 375 g/mol. The molecule has 1 fully saturated rings. The van der Waals surface area contributed by atoms with Crippen molar-refractivity contribution in [1.82, 2.24) is 9.88 Å². The van der Waals surface area contributed by atoms with Crippen molar-refractivity contribution in [1.29, 1.82) is 5.26 Å². The highest BCUT2D eigenvalue weighted by molar-refractivity contribution is 6.16. The van der Waals surface area contributed by atoms with E-state index in [-0.39, 0.29) is 30.1 Å². The summed E-state index contributed by atoms with van der Waals surface area (Å²) in [5, 5.41) is 8.82. The average Bonchev–Trinajstić information content (AvgIpc) is 2.71. The van der Waals surface area contributed by atoms with Gasteiger partial charge in [0.1, 0.15) is 29.7 Å². The standard InChI is InChI=1S/C21H21N5O2/c1-12-6-18-19(25-21(12)27)7-15(9-24-18)13(2)26-11-20(14(26)3)28-17-5-4-16(8-22)23-10-17/h4-7,9-10,13-14,18,20H,11H2,1-3H3/t13-,14-,18?,20+/m1/s1. The molecule has 7 heteroatoms. The number of hydrogen-bond donors (Lipinski definition) is 0. The zero-order valence-corrected chi connectivity index (χ0v) is 16.0. The van der Waals surface area contributed by atoms with E-state index in [4.69, 9.17) is 10.00 Å². The molecule has 1 aromatic rings. The van der Waals surface area contributed by atoms with Crippen LogP contribution in [0.3, 0.4) is 0 Å². The molecule has 0 N–H and O–H groups in total. The van der Waals surface area contributed by atoms with E-state index >= 15 is 0 Å². The fourth-order valence-corrected chi connectivity index (χ4v) is 3.64. The third kappa shape index (κ3) is 3.27. The van der Waals surface area contributed by atoms with Crippen molar-refractivity contribution in [3.05, 3.63) is 47.3 Å². The van der Waals surface area contributed by atoms with E-state index in [1.54, 1.807) is 25.3 Å². The van der Waals surface area contributed by atoms with Gasteiger partial charge in [-0.2, -0.15) is 5.26 Å². The number of aliphatic imine (C=N–C) groups is 2. The van der Waals surface area contributed by atoms with Crippen LogP contribution in [0.15, 0.2) is 51.6 Å². The van der Waals surface area contributed by atoms with Gasteiger partial charge in [0.25, 0.3) is 5.91 Å². The Hall–Kier alpha value is -3.11. The van der Waals surface area contributed by atoms with Crippen LogP contribution in [-0.2, 0) is 4.79 Å². The van der Waals surface area contributed by atoms with Gasteiger partial charge in [-0.1, -0.05) is 0 Å². The molecule has 4 atom stereocenters. The summed E-state index contributed by atoms with van der Waals surface area (Å²) in [6.07, 6.45) is 7.38. The first-order chi connectivity index (χ1) is 13.5. The third-order valence-electron chi connectivity index (χ3n) is 5.55. The second-order valence-electron chi connectivity index (χ2n) is 7.32. The normalized spacial score (nSPS) is 27.6. The van der Waals surface area contributed by atoms with Crippen LogP contribution in [0.25, 0.3) is 0 Å². The molecule has 1 amide bonds. The van der Waals surface area contributed by atoms with Gasteiger partial charge in [-0.15, -0.1) is 0 Å². The molecule has 3 aliphatic rings. The van der Waals surface area contributed by atoms with E-state index in [0.29, 0.717) is 22.7 Å². The second kappa shape index (κ2) is 7.13. The second-order valence-corrected chi connectivity index (χ2v) is 7.32. The number of amides is 1. The van der Waals surface area contributed by atoms with E-state index in [9.17, 15) is 4.79 Å². The number of likely N-dealkylation sites (tertiary alicyclic amines) is 1. The molecule has 0 spiro atoms. The number of rotatable bonds is 4. The smallest absolute Gasteiger partial charge is 0.272 e. The Morgan fingerprint density at radius 1 is 1.39 bits per heavy atom. The molecule has 1 saturated heterocycles. The predicted octanol–water partition coefficient (Wildman–Crippen LogP) is 2.10. The van der Waals surface area contributed by atoms with Gasteiger partial charge in [-0.05, 0) is 50.6 Å². The molecule has 28 heavy (non-hydrogen) atoms. The van der Waals surface area contributed by atoms with Crippen LogP contribution in [0, 0.1) is 11.3 Å². The maximum atomic E-state index is 11.8. The van der Waals surface area contributed by atoms with Crippen molar-refractivity contribution in [3.63, 3.8) is 0 Å². The summed E-state index contributed by atoms with van der Waals surface area (Å²) in [7, 11) is 0. The molecule has 0 radical (unpaired) electrons. The predicted molar refractivity (Wildman–Crippen MR) is 106 cm³/mol. The molecule has 1 unspecified atom stereocenters. The molecule has 4 rings (SSSR count).